The molecule has 0 saturated carbocycles. The van der Waals surface area contributed by atoms with E-state index in [1.165, 1.54) is 6.08 Å². The van der Waals surface area contributed by atoms with Crippen molar-refractivity contribution in [3.05, 3.63) is 58.1 Å². The maximum Gasteiger partial charge on any atom is 0.363 e. The molecule has 0 fully saturated rings. The summed E-state index contributed by atoms with van der Waals surface area (Å²) in [6.45, 7) is 1.82. The van der Waals surface area contributed by atoms with Crippen molar-refractivity contribution in [2.75, 3.05) is 7.11 Å². The first-order chi connectivity index (χ1) is 10.6. The van der Waals surface area contributed by atoms with Crippen LogP contribution in [0, 0.1) is 6.92 Å². The smallest absolute Gasteiger partial charge is 0.363 e. The van der Waals surface area contributed by atoms with E-state index >= 15 is 0 Å². The molecule has 0 radical (unpaired) electrons. The number of ether oxygens (including phenoxy) is 2. The van der Waals surface area contributed by atoms with Crippen LogP contribution >= 0.6 is 11.6 Å². The zero-order valence-electron chi connectivity index (χ0n) is 11.9. The second kappa shape index (κ2) is 5.69. The van der Waals surface area contributed by atoms with Crippen LogP contribution in [0.5, 0.6) is 5.75 Å². The maximum atomic E-state index is 11.9. The van der Waals surface area contributed by atoms with Gasteiger partial charge in [-0.1, -0.05) is 11.6 Å². The third kappa shape index (κ3) is 2.76. The Morgan fingerprint density at radius 2 is 2.09 bits per heavy atom. The Labute approximate surface area is 131 Å². The van der Waals surface area contributed by atoms with Crippen molar-refractivity contribution in [1.29, 1.82) is 0 Å². The summed E-state index contributed by atoms with van der Waals surface area (Å²) in [6, 6.07) is 8.59. The topological polar surface area (TPSA) is 61.0 Å². The summed E-state index contributed by atoms with van der Waals surface area (Å²) in [4.78, 5) is 16.1. The zero-order chi connectivity index (χ0) is 15.7. The number of nitrogens with zero attached hydrogens (tertiary/aromatic N) is 1. The molecule has 6 heteroatoms. The van der Waals surface area contributed by atoms with E-state index in [2.05, 4.69) is 4.99 Å². The lowest BCUT2D eigenvalue weighted by Gasteiger charge is -2.05. The highest BCUT2D eigenvalue weighted by atomic mass is 35.5. The summed E-state index contributed by atoms with van der Waals surface area (Å²) < 4.78 is 15.6. The number of aryl methyl sites for hydroxylation is 1. The Balaban J connectivity index is 1.94. The van der Waals surface area contributed by atoms with Gasteiger partial charge in [-0.15, -0.1) is 0 Å². The van der Waals surface area contributed by atoms with Crippen molar-refractivity contribution in [3.8, 4) is 5.75 Å². The van der Waals surface area contributed by atoms with Crippen LogP contribution in [0.1, 0.15) is 17.1 Å². The molecule has 3 rings (SSSR count). The average molecular weight is 318 g/mol. The molecule has 2 aromatic rings. The van der Waals surface area contributed by atoms with Gasteiger partial charge in [0.25, 0.3) is 0 Å². The van der Waals surface area contributed by atoms with Crippen molar-refractivity contribution < 1.29 is 18.7 Å². The molecular formula is C16H12ClNO4. The Morgan fingerprint density at radius 1 is 1.27 bits per heavy atom. The van der Waals surface area contributed by atoms with Crippen LogP contribution in [-0.4, -0.2) is 19.0 Å². The van der Waals surface area contributed by atoms with Gasteiger partial charge in [-0.2, -0.15) is 0 Å². The second-order valence-corrected chi connectivity index (χ2v) is 5.04. The van der Waals surface area contributed by atoms with Gasteiger partial charge < -0.3 is 13.9 Å². The number of aliphatic imine (C=N–C) groups is 1. The van der Waals surface area contributed by atoms with Gasteiger partial charge in [-0.05, 0) is 37.3 Å². The fraction of sp³-hybridized carbons (Fsp3) is 0.125. The zero-order valence-corrected chi connectivity index (χ0v) is 12.7. The predicted octanol–water partition coefficient (Wildman–Crippen LogP) is 3.59. The number of carbonyl (C=O) groups is 1. The normalized spacial score (nSPS) is 15.9. The summed E-state index contributed by atoms with van der Waals surface area (Å²) in [5, 5.41) is 0.390. The number of esters is 1. The monoisotopic (exact) mass is 317 g/mol. The fourth-order valence-electron chi connectivity index (χ4n) is 1.99. The maximum absolute atomic E-state index is 11.9. The van der Waals surface area contributed by atoms with Crippen molar-refractivity contribution >= 4 is 29.5 Å². The molecule has 1 aromatic heterocycles. The molecule has 1 aliphatic rings. The van der Waals surface area contributed by atoms with E-state index in [1.807, 2.05) is 6.92 Å². The van der Waals surface area contributed by atoms with Gasteiger partial charge in [0.1, 0.15) is 17.3 Å². The van der Waals surface area contributed by atoms with Crippen LogP contribution in [0.3, 0.4) is 0 Å². The molecule has 0 saturated heterocycles. The summed E-state index contributed by atoms with van der Waals surface area (Å²) in [5.74, 6) is 1.51. The number of methoxy groups -OCH3 is 1. The van der Waals surface area contributed by atoms with Gasteiger partial charge in [-0.3, -0.25) is 0 Å². The van der Waals surface area contributed by atoms with E-state index in [0.29, 0.717) is 22.1 Å². The minimum absolute atomic E-state index is 0.159. The third-order valence-corrected chi connectivity index (χ3v) is 3.38. The molecule has 1 aromatic carbocycles. The van der Waals surface area contributed by atoms with E-state index in [9.17, 15) is 4.79 Å². The Hall–Kier alpha value is -2.53. The van der Waals surface area contributed by atoms with Crippen molar-refractivity contribution in [2.24, 2.45) is 4.99 Å². The largest absolute Gasteiger partial charge is 0.497 e. The Kier molecular flexibility index (Phi) is 3.73. The van der Waals surface area contributed by atoms with Crippen LogP contribution in [-0.2, 0) is 9.53 Å². The van der Waals surface area contributed by atoms with E-state index in [-0.39, 0.29) is 11.6 Å². The van der Waals surface area contributed by atoms with E-state index in [4.69, 9.17) is 25.5 Å². The van der Waals surface area contributed by atoms with Crippen molar-refractivity contribution in [2.45, 2.75) is 6.92 Å². The molecule has 0 amide bonds. The first-order valence-electron chi connectivity index (χ1n) is 6.50. The molecule has 0 spiro atoms. The fourth-order valence-corrected chi connectivity index (χ4v) is 2.24. The Bertz CT molecular complexity index is 804. The minimum Gasteiger partial charge on any atom is -0.497 e. The third-order valence-electron chi connectivity index (χ3n) is 3.07. The van der Waals surface area contributed by atoms with Crippen LogP contribution in [0.25, 0.3) is 6.08 Å². The number of halogens is 1. The number of rotatable bonds is 3. The highest BCUT2D eigenvalue weighted by Gasteiger charge is 2.26. The molecule has 1 aliphatic heterocycles. The molecule has 22 heavy (non-hydrogen) atoms. The van der Waals surface area contributed by atoms with E-state index in [0.717, 1.165) is 5.76 Å². The number of hydrogen-bond acceptors (Lipinski definition) is 5. The lowest BCUT2D eigenvalue weighted by molar-refractivity contribution is -0.129. The standard InChI is InChI=1S/C16H12ClNO4/c1-9-3-4-11(21-9)8-14-16(19)22-15(18-14)12-6-5-10(20-2)7-13(12)17/h3-8H,1-2H3/b14-8-. The second-order valence-electron chi connectivity index (χ2n) is 4.63. The van der Waals surface area contributed by atoms with Crippen LogP contribution < -0.4 is 4.74 Å². The number of furan rings is 1. The van der Waals surface area contributed by atoms with Gasteiger partial charge in [0.2, 0.25) is 5.90 Å². The molecule has 0 atom stereocenters. The minimum atomic E-state index is -0.545. The van der Waals surface area contributed by atoms with Gasteiger partial charge in [0, 0.05) is 6.08 Å². The van der Waals surface area contributed by atoms with Crippen molar-refractivity contribution in [3.63, 3.8) is 0 Å². The SMILES string of the molecule is COc1ccc(C2=N/C(=C\c3ccc(C)o3)C(=O)O2)c(Cl)c1. The highest BCUT2D eigenvalue weighted by Crippen LogP contribution is 2.27. The molecule has 5 nitrogen and oxygen atoms in total. The summed E-state index contributed by atoms with van der Waals surface area (Å²) in [7, 11) is 1.55. The van der Waals surface area contributed by atoms with Gasteiger partial charge in [-0.25, -0.2) is 9.79 Å². The predicted molar refractivity (Wildman–Crippen MR) is 82.1 cm³/mol. The van der Waals surface area contributed by atoms with Gasteiger partial charge >= 0.3 is 5.97 Å². The molecule has 112 valence electrons. The first kappa shape index (κ1) is 14.4. The summed E-state index contributed by atoms with van der Waals surface area (Å²) in [5.41, 5.74) is 0.686. The molecule has 0 unspecified atom stereocenters. The molecule has 2 heterocycles. The van der Waals surface area contributed by atoms with Gasteiger partial charge in [0.05, 0.1) is 17.7 Å². The Morgan fingerprint density at radius 3 is 2.73 bits per heavy atom. The number of carbonyl (C=O) groups excluding carboxylic acids is 1. The molecular weight excluding hydrogens is 306 g/mol. The highest BCUT2D eigenvalue weighted by molar-refractivity contribution is 6.34. The van der Waals surface area contributed by atoms with Crippen molar-refractivity contribution in [1.82, 2.24) is 0 Å². The van der Waals surface area contributed by atoms with E-state index < -0.39 is 5.97 Å². The lowest BCUT2D eigenvalue weighted by Crippen LogP contribution is -2.06. The quantitative estimate of drug-likeness (QED) is 0.641. The number of benzene rings is 1. The number of cyclic esters (lactones) is 1. The van der Waals surface area contributed by atoms with Crippen LogP contribution in [0.2, 0.25) is 5.02 Å². The van der Waals surface area contributed by atoms with Gasteiger partial charge in [0.15, 0.2) is 5.70 Å². The van der Waals surface area contributed by atoms with Crippen LogP contribution in [0.4, 0.5) is 0 Å². The first-order valence-corrected chi connectivity index (χ1v) is 6.87. The molecule has 0 aliphatic carbocycles. The number of hydrogen-bond donors (Lipinski definition) is 0. The summed E-state index contributed by atoms with van der Waals surface area (Å²) >= 11 is 6.16. The molecule has 0 bridgehead atoms. The van der Waals surface area contributed by atoms with E-state index in [1.54, 1.807) is 37.4 Å². The van der Waals surface area contributed by atoms with Crippen LogP contribution in [0.15, 0.2) is 45.4 Å². The average Bonchev–Trinajstić information content (AvgIpc) is 3.06. The lowest BCUT2D eigenvalue weighted by atomic mass is 10.2. The summed E-state index contributed by atoms with van der Waals surface area (Å²) in [6.07, 6.45) is 1.53. The molecule has 0 N–H and O–H groups in total.